The Balaban J connectivity index is 3.28. The van der Waals surface area contributed by atoms with E-state index >= 15 is 0 Å². The van der Waals surface area contributed by atoms with E-state index in [-0.39, 0.29) is 0 Å². The monoisotopic (exact) mass is 164 g/mol. The summed E-state index contributed by atoms with van der Waals surface area (Å²) in [5, 5.41) is 0. The Kier molecular flexibility index (Phi) is 6.48. The van der Waals surface area contributed by atoms with E-state index in [4.69, 9.17) is 0 Å². The third-order valence-corrected chi connectivity index (χ3v) is 1.94. The molecule has 0 aromatic heterocycles. The quantitative estimate of drug-likeness (QED) is 0.527. The van der Waals surface area contributed by atoms with Gasteiger partial charge in [0.1, 0.15) is 6.17 Å². The molecule has 0 aliphatic rings. The maximum atomic E-state index is 12.9. The molecule has 0 rings (SSSR count). The molecule has 0 heterocycles. The molecule has 68 valence electrons. The van der Waals surface area contributed by atoms with Crippen LogP contribution in [0.5, 0.6) is 0 Å². The van der Waals surface area contributed by atoms with Crippen molar-refractivity contribution in [2.24, 2.45) is 5.92 Å². The van der Waals surface area contributed by atoms with E-state index in [9.17, 15) is 8.78 Å². The Bertz CT molecular complexity index is 83.6. The molecule has 0 radical (unpaired) electrons. The van der Waals surface area contributed by atoms with E-state index in [0.717, 1.165) is 19.3 Å². The second-order valence-corrected chi connectivity index (χ2v) is 3.14. The summed E-state index contributed by atoms with van der Waals surface area (Å²) < 4.78 is 24.8. The molecular formula is C9H18F2. The molecule has 0 saturated carbocycles. The van der Waals surface area contributed by atoms with Gasteiger partial charge in [0.05, 0.1) is 6.67 Å². The SMILES string of the molecule is CCCCCC(F)C(C)CF. The van der Waals surface area contributed by atoms with E-state index < -0.39 is 18.8 Å². The largest absolute Gasteiger partial charge is 0.251 e. The maximum absolute atomic E-state index is 12.9. The molecule has 0 spiro atoms. The summed E-state index contributed by atoms with van der Waals surface area (Å²) in [4.78, 5) is 0. The van der Waals surface area contributed by atoms with Crippen molar-refractivity contribution < 1.29 is 8.78 Å². The third-order valence-electron chi connectivity index (χ3n) is 1.94. The van der Waals surface area contributed by atoms with Crippen LogP contribution < -0.4 is 0 Å². The van der Waals surface area contributed by atoms with Gasteiger partial charge in [-0.15, -0.1) is 0 Å². The molecule has 11 heavy (non-hydrogen) atoms. The van der Waals surface area contributed by atoms with Crippen LogP contribution in [0.2, 0.25) is 0 Å². The van der Waals surface area contributed by atoms with Crippen LogP contribution in [0.25, 0.3) is 0 Å². The van der Waals surface area contributed by atoms with Crippen molar-refractivity contribution in [2.45, 2.75) is 45.7 Å². The molecule has 2 unspecified atom stereocenters. The topological polar surface area (TPSA) is 0 Å². The molecule has 0 saturated heterocycles. The predicted molar refractivity (Wildman–Crippen MR) is 44.2 cm³/mol. The van der Waals surface area contributed by atoms with E-state index in [2.05, 4.69) is 6.92 Å². The minimum absolute atomic E-state index is 0.410. The van der Waals surface area contributed by atoms with E-state index in [1.807, 2.05) is 0 Å². The first kappa shape index (κ1) is 10.9. The fourth-order valence-corrected chi connectivity index (χ4v) is 0.971. The Morgan fingerprint density at radius 3 is 2.36 bits per heavy atom. The van der Waals surface area contributed by atoms with E-state index in [1.165, 1.54) is 0 Å². The number of unbranched alkanes of at least 4 members (excludes halogenated alkanes) is 2. The Hall–Kier alpha value is -0.140. The molecule has 0 aliphatic carbocycles. The molecule has 0 amide bonds. The van der Waals surface area contributed by atoms with Gasteiger partial charge in [0.15, 0.2) is 0 Å². The highest BCUT2D eigenvalue weighted by Gasteiger charge is 2.14. The summed E-state index contributed by atoms with van der Waals surface area (Å²) in [7, 11) is 0. The summed E-state index contributed by atoms with van der Waals surface area (Å²) in [5.41, 5.74) is 0. The number of alkyl halides is 2. The van der Waals surface area contributed by atoms with Crippen LogP contribution in [0.4, 0.5) is 8.78 Å². The lowest BCUT2D eigenvalue weighted by Gasteiger charge is -2.12. The normalized spacial score (nSPS) is 16.4. The first-order chi connectivity index (χ1) is 5.22. The standard InChI is InChI=1S/C9H18F2/c1-3-4-5-6-9(11)8(2)7-10/h8-9H,3-7H2,1-2H3. The predicted octanol–water partition coefficient (Wildman–Crippen LogP) is 3.51. The molecule has 0 bridgehead atoms. The highest BCUT2D eigenvalue weighted by Crippen LogP contribution is 2.15. The average Bonchev–Trinajstić information content (AvgIpc) is 2.03. The molecule has 0 nitrogen and oxygen atoms in total. The molecule has 0 fully saturated rings. The smallest absolute Gasteiger partial charge is 0.105 e. The summed E-state index contributed by atoms with van der Waals surface area (Å²) in [6.07, 6.45) is 2.63. The fraction of sp³-hybridized carbons (Fsp3) is 1.00. The number of halogens is 2. The van der Waals surface area contributed by atoms with Crippen molar-refractivity contribution in [3.63, 3.8) is 0 Å². The molecule has 0 aromatic rings. The Labute approximate surface area is 68.0 Å². The van der Waals surface area contributed by atoms with Gasteiger partial charge in [-0.25, -0.2) is 4.39 Å². The molecule has 0 aliphatic heterocycles. The molecule has 2 atom stereocenters. The fourth-order valence-electron chi connectivity index (χ4n) is 0.971. The molecule has 2 heteroatoms. The summed E-state index contributed by atoms with van der Waals surface area (Å²) >= 11 is 0. The number of hydrogen-bond donors (Lipinski definition) is 0. The maximum Gasteiger partial charge on any atom is 0.105 e. The van der Waals surface area contributed by atoms with Crippen LogP contribution in [-0.2, 0) is 0 Å². The van der Waals surface area contributed by atoms with Crippen molar-refractivity contribution in [1.82, 2.24) is 0 Å². The van der Waals surface area contributed by atoms with Crippen LogP contribution in [0.1, 0.15) is 39.5 Å². The van der Waals surface area contributed by atoms with E-state index in [0.29, 0.717) is 6.42 Å². The Morgan fingerprint density at radius 1 is 1.27 bits per heavy atom. The van der Waals surface area contributed by atoms with Gasteiger partial charge in [-0.05, 0) is 6.42 Å². The van der Waals surface area contributed by atoms with Crippen molar-refractivity contribution in [3.05, 3.63) is 0 Å². The summed E-state index contributed by atoms with van der Waals surface area (Å²) in [6, 6.07) is 0. The van der Waals surface area contributed by atoms with Gasteiger partial charge >= 0.3 is 0 Å². The van der Waals surface area contributed by atoms with Gasteiger partial charge in [0.2, 0.25) is 0 Å². The van der Waals surface area contributed by atoms with Crippen molar-refractivity contribution in [3.8, 4) is 0 Å². The van der Waals surface area contributed by atoms with Crippen LogP contribution in [0.15, 0.2) is 0 Å². The van der Waals surface area contributed by atoms with Gasteiger partial charge in [0.25, 0.3) is 0 Å². The molecule has 0 aromatic carbocycles. The lowest BCUT2D eigenvalue weighted by Crippen LogP contribution is -2.14. The zero-order valence-electron chi connectivity index (χ0n) is 7.45. The lowest BCUT2D eigenvalue weighted by atomic mass is 10.0. The summed E-state index contributed by atoms with van der Waals surface area (Å²) in [5.74, 6) is -0.410. The first-order valence-electron chi connectivity index (χ1n) is 4.42. The zero-order valence-corrected chi connectivity index (χ0v) is 7.45. The minimum atomic E-state index is -0.938. The zero-order chi connectivity index (χ0) is 8.69. The van der Waals surface area contributed by atoms with Gasteiger partial charge < -0.3 is 0 Å². The van der Waals surface area contributed by atoms with E-state index in [1.54, 1.807) is 6.92 Å². The average molecular weight is 164 g/mol. The minimum Gasteiger partial charge on any atom is -0.251 e. The molecule has 0 N–H and O–H groups in total. The van der Waals surface area contributed by atoms with Crippen molar-refractivity contribution >= 4 is 0 Å². The highest BCUT2D eigenvalue weighted by molar-refractivity contribution is 4.63. The van der Waals surface area contributed by atoms with Gasteiger partial charge in [-0.2, -0.15) is 0 Å². The van der Waals surface area contributed by atoms with Gasteiger partial charge in [0, 0.05) is 5.92 Å². The van der Waals surface area contributed by atoms with Gasteiger partial charge in [-0.3, -0.25) is 4.39 Å². The molecular weight excluding hydrogens is 146 g/mol. The van der Waals surface area contributed by atoms with Crippen molar-refractivity contribution in [2.75, 3.05) is 6.67 Å². The first-order valence-corrected chi connectivity index (χ1v) is 4.42. The highest BCUT2D eigenvalue weighted by atomic mass is 19.1. The van der Waals surface area contributed by atoms with Crippen molar-refractivity contribution in [1.29, 1.82) is 0 Å². The van der Waals surface area contributed by atoms with Crippen LogP contribution >= 0.6 is 0 Å². The van der Waals surface area contributed by atoms with Gasteiger partial charge in [-0.1, -0.05) is 33.1 Å². The second kappa shape index (κ2) is 6.56. The lowest BCUT2D eigenvalue weighted by molar-refractivity contribution is 0.190. The van der Waals surface area contributed by atoms with Crippen LogP contribution in [0.3, 0.4) is 0 Å². The third kappa shape index (κ3) is 5.16. The Morgan fingerprint density at radius 2 is 1.91 bits per heavy atom. The van der Waals surface area contributed by atoms with Crippen LogP contribution in [0, 0.1) is 5.92 Å². The number of hydrogen-bond acceptors (Lipinski definition) is 0. The second-order valence-electron chi connectivity index (χ2n) is 3.14. The number of rotatable bonds is 6. The van der Waals surface area contributed by atoms with Crippen LogP contribution in [-0.4, -0.2) is 12.8 Å². The summed E-state index contributed by atoms with van der Waals surface area (Å²) in [6.45, 7) is 3.16.